The van der Waals surface area contributed by atoms with Crippen LogP contribution in [0.3, 0.4) is 0 Å². The van der Waals surface area contributed by atoms with E-state index in [1.54, 1.807) is 6.07 Å². The van der Waals surface area contributed by atoms with Crippen LogP contribution in [0.2, 0.25) is 5.02 Å². The Hall–Kier alpha value is -1.10. The third kappa shape index (κ3) is 5.49. The fraction of sp³-hybridized carbons (Fsp3) is 0.571. The van der Waals surface area contributed by atoms with Crippen LogP contribution in [0.15, 0.2) is 12.1 Å². The molecule has 6 heteroatoms. The van der Waals surface area contributed by atoms with Gasteiger partial charge in [0.2, 0.25) is 0 Å². The zero-order valence-corrected chi connectivity index (χ0v) is 12.5. The topological polar surface area (TPSA) is 21.3 Å². The first-order chi connectivity index (χ1) is 9.23. The molecule has 0 radical (unpaired) electrons. The lowest BCUT2D eigenvalue weighted by Crippen LogP contribution is -2.17. The van der Waals surface area contributed by atoms with Crippen LogP contribution < -0.4 is 10.1 Å². The standard InChI is InChI=1S/C14H19ClF3NO/c1-9-7-12(13(20-3)8-11(9)15)19-10(2)5-4-6-14(16,17)18/h7-8,10,19H,4-6H2,1-3H3. The Morgan fingerprint density at radius 3 is 2.55 bits per heavy atom. The Balaban J connectivity index is 2.61. The van der Waals surface area contributed by atoms with E-state index in [1.165, 1.54) is 7.11 Å². The van der Waals surface area contributed by atoms with Gasteiger partial charge in [0, 0.05) is 23.6 Å². The number of alkyl halides is 3. The second-order valence-corrected chi connectivity index (χ2v) is 5.26. The number of aryl methyl sites for hydroxylation is 1. The number of hydrogen-bond acceptors (Lipinski definition) is 2. The maximum absolute atomic E-state index is 12.1. The number of anilines is 1. The minimum Gasteiger partial charge on any atom is -0.495 e. The van der Waals surface area contributed by atoms with Crippen molar-refractivity contribution in [1.82, 2.24) is 0 Å². The van der Waals surface area contributed by atoms with Crippen LogP contribution in [-0.4, -0.2) is 19.3 Å². The Morgan fingerprint density at radius 2 is 2.00 bits per heavy atom. The number of rotatable bonds is 6. The highest BCUT2D eigenvalue weighted by atomic mass is 35.5. The van der Waals surface area contributed by atoms with E-state index in [4.69, 9.17) is 16.3 Å². The normalized spacial score (nSPS) is 13.2. The summed E-state index contributed by atoms with van der Waals surface area (Å²) in [6.07, 6.45) is -4.30. The van der Waals surface area contributed by atoms with Gasteiger partial charge >= 0.3 is 6.18 Å². The molecule has 0 spiro atoms. The van der Waals surface area contributed by atoms with E-state index in [1.807, 2.05) is 19.9 Å². The molecule has 0 aliphatic carbocycles. The van der Waals surface area contributed by atoms with Gasteiger partial charge in [-0.05, 0) is 38.3 Å². The van der Waals surface area contributed by atoms with Crippen molar-refractivity contribution < 1.29 is 17.9 Å². The lowest BCUT2D eigenvalue weighted by Gasteiger charge is -2.19. The van der Waals surface area contributed by atoms with Crippen molar-refractivity contribution in [3.8, 4) is 5.75 Å². The van der Waals surface area contributed by atoms with Gasteiger partial charge in [-0.1, -0.05) is 11.6 Å². The highest BCUT2D eigenvalue weighted by Gasteiger charge is 2.26. The lowest BCUT2D eigenvalue weighted by molar-refractivity contribution is -0.135. The SMILES string of the molecule is COc1cc(Cl)c(C)cc1NC(C)CCCC(F)(F)F. The molecule has 0 fully saturated rings. The smallest absolute Gasteiger partial charge is 0.389 e. The first-order valence-electron chi connectivity index (χ1n) is 6.40. The second kappa shape index (κ2) is 7.07. The summed E-state index contributed by atoms with van der Waals surface area (Å²) < 4.78 is 41.5. The predicted molar refractivity (Wildman–Crippen MR) is 75.7 cm³/mol. The fourth-order valence-electron chi connectivity index (χ4n) is 1.89. The van der Waals surface area contributed by atoms with Gasteiger partial charge in [-0.25, -0.2) is 0 Å². The molecule has 1 aromatic rings. The van der Waals surface area contributed by atoms with Gasteiger partial charge in [0.15, 0.2) is 0 Å². The summed E-state index contributed by atoms with van der Waals surface area (Å²) in [7, 11) is 1.53. The molecular formula is C14H19ClF3NO. The highest BCUT2D eigenvalue weighted by Crippen LogP contribution is 2.32. The third-order valence-corrected chi connectivity index (χ3v) is 3.39. The van der Waals surface area contributed by atoms with Gasteiger partial charge < -0.3 is 10.1 Å². The third-order valence-electron chi connectivity index (χ3n) is 2.98. The molecular weight excluding hydrogens is 291 g/mol. The zero-order valence-electron chi connectivity index (χ0n) is 11.8. The number of benzene rings is 1. The molecule has 0 aliphatic heterocycles. The summed E-state index contributed by atoms with van der Waals surface area (Å²) in [4.78, 5) is 0. The molecule has 0 aromatic heterocycles. The second-order valence-electron chi connectivity index (χ2n) is 4.85. The van der Waals surface area contributed by atoms with E-state index in [9.17, 15) is 13.2 Å². The first-order valence-corrected chi connectivity index (χ1v) is 6.78. The molecule has 0 aliphatic rings. The molecule has 0 bridgehead atoms. The van der Waals surface area contributed by atoms with Gasteiger partial charge in [0.25, 0.3) is 0 Å². The maximum Gasteiger partial charge on any atom is 0.389 e. The minimum atomic E-state index is -4.09. The Kier molecular flexibility index (Phi) is 5.99. The number of hydrogen-bond donors (Lipinski definition) is 1. The van der Waals surface area contributed by atoms with Crippen molar-refractivity contribution in [3.63, 3.8) is 0 Å². The van der Waals surface area contributed by atoms with Crippen molar-refractivity contribution in [1.29, 1.82) is 0 Å². The number of methoxy groups -OCH3 is 1. The van der Waals surface area contributed by atoms with Crippen LogP contribution in [0.25, 0.3) is 0 Å². The predicted octanol–water partition coefficient (Wildman–Crippen LogP) is 5.19. The fourth-order valence-corrected chi connectivity index (χ4v) is 2.04. The summed E-state index contributed by atoms with van der Waals surface area (Å²) in [5.74, 6) is 0.586. The molecule has 0 heterocycles. The first kappa shape index (κ1) is 17.0. The van der Waals surface area contributed by atoms with Crippen molar-refractivity contribution in [2.24, 2.45) is 0 Å². The van der Waals surface area contributed by atoms with Crippen molar-refractivity contribution in [2.75, 3.05) is 12.4 Å². The number of halogens is 4. The Bertz CT molecular complexity index is 449. The van der Waals surface area contributed by atoms with Gasteiger partial charge in [-0.3, -0.25) is 0 Å². The van der Waals surface area contributed by atoms with Crippen molar-refractivity contribution in [3.05, 3.63) is 22.7 Å². The minimum absolute atomic E-state index is 0.0770. The average Bonchev–Trinajstić information content (AvgIpc) is 2.31. The molecule has 0 amide bonds. The Labute approximate surface area is 122 Å². The molecule has 2 nitrogen and oxygen atoms in total. The van der Waals surface area contributed by atoms with Gasteiger partial charge in [-0.15, -0.1) is 0 Å². The summed E-state index contributed by atoms with van der Waals surface area (Å²) >= 11 is 6.00. The van der Waals surface area contributed by atoms with Crippen LogP contribution >= 0.6 is 11.6 Å². The van der Waals surface area contributed by atoms with Crippen LogP contribution in [0, 0.1) is 6.92 Å². The van der Waals surface area contributed by atoms with Crippen molar-refractivity contribution in [2.45, 2.75) is 45.3 Å². The molecule has 0 saturated carbocycles. The van der Waals surface area contributed by atoms with Gasteiger partial charge in [-0.2, -0.15) is 13.2 Å². The number of nitrogens with one attached hydrogen (secondary N) is 1. The van der Waals surface area contributed by atoms with Crippen LogP contribution in [-0.2, 0) is 0 Å². The molecule has 1 atom stereocenters. The molecule has 1 N–H and O–H groups in total. The molecule has 1 unspecified atom stereocenters. The molecule has 1 rings (SSSR count). The average molecular weight is 310 g/mol. The Morgan fingerprint density at radius 1 is 1.35 bits per heavy atom. The quantitative estimate of drug-likeness (QED) is 0.780. The van der Waals surface area contributed by atoms with E-state index >= 15 is 0 Å². The largest absolute Gasteiger partial charge is 0.495 e. The summed E-state index contributed by atoms with van der Waals surface area (Å²) in [5, 5.41) is 3.76. The summed E-state index contributed by atoms with van der Waals surface area (Å²) in [5.41, 5.74) is 1.63. The van der Waals surface area contributed by atoms with Gasteiger partial charge in [0.05, 0.1) is 12.8 Å². The summed E-state index contributed by atoms with van der Waals surface area (Å²) in [6.45, 7) is 3.71. The van der Waals surface area contributed by atoms with E-state index < -0.39 is 12.6 Å². The van der Waals surface area contributed by atoms with Crippen molar-refractivity contribution >= 4 is 17.3 Å². The maximum atomic E-state index is 12.1. The van der Waals surface area contributed by atoms with Gasteiger partial charge in [0.1, 0.15) is 5.75 Å². The number of ether oxygens (including phenoxy) is 1. The van der Waals surface area contributed by atoms with Crippen LogP contribution in [0.5, 0.6) is 5.75 Å². The summed E-state index contributed by atoms with van der Waals surface area (Å²) in [6, 6.07) is 3.45. The van der Waals surface area contributed by atoms with E-state index in [2.05, 4.69) is 5.32 Å². The van der Waals surface area contributed by atoms with E-state index in [-0.39, 0.29) is 12.5 Å². The zero-order chi connectivity index (χ0) is 15.3. The highest BCUT2D eigenvalue weighted by molar-refractivity contribution is 6.31. The van der Waals surface area contributed by atoms with Crippen LogP contribution in [0.1, 0.15) is 31.7 Å². The monoisotopic (exact) mass is 309 g/mol. The van der Waals surface area contributed by atoms with E-state index in [0.717, 1.165) is 11.3 Å². The molecule has 114 valence electrons. The lowest BCUT2D eigenvalue weighted by atomic mass is 10.1. The molecule has 20 heavy (non-hydrogen) atoms. The molecule has 0 saturated heterocycles. The van der Waals surface area contributed by atoms with Crippen LogP contribution in [0.4, 0.5) is 18.9 Å². The molecule has 1 aromatic carbocycles. The van der Waals surface area contributed by atoms with E-state index in [0.29, 0.717) is 17.2 Å².